The number of carboxylic acids is 1. The van der Waals surface area contributed by atoms with E-state index >= 15 is 0 Å². The number of carbonyl (C=O) groups excluding carboxylic acids is 1. The number of aryl methyl sites for hydroxylation is 1. The van der Waals surface area contributed by atoms with Crippen LogP contribution >= 0.6 is 0 Å². The van der Waals surface area contributed by atoms with E-state index in [4.69, 9.17) is 9.84 Å². The summed E-state index contributed by atoms with van der Waals surface area (Å²) in [5.41, 5.74) is -0.0308. The lowest BCUT2D eigenvalue weighted by molar-refractivity contribution is 0.0696. The summed E-state index contributed by atoms with van der Waals surface area (Å²) in [5, 5.41) is 15.3. The van der Waals surface area contributed by atoms with Crippen molar-refractivity contribution in [3.63, 3.8) is 0 Å². The Bertz CT molecular complexity index is 1070. The predicted octanol–water partition coefficient (Wildman–Crippen LogP) is 2.56. The monoisotopic (exact) mass is 404 g/mol. The van der Waals surface area contributed by atoms with E-state index in [2.05, 4.69) is 25.4 Å². The maximum atomic E-state index is 13.7. The van der Waals surface area contributed by atoms with E-state index in [0.717, 1.165) is 18.5 Å². The third kappa shape index (κ3) is 4.31. The summed E-state index contributed by atoms with van der Waals surface area (Å²) in [6, 6.07) is 0.883. The molecule has 0 aliphatic carbocycles. The molecular formula is C17H14F2N6O4. The Hall–Kier alpha value is -3.96. The Morgan fingerprint density at radius 1 is 1.17 bits per heavy atom. The molecule has 3 aromatic rings. The van der Waals surface area contributed by atoms with Gasteiger partial charge in [0, 0.05) is 19.4 Å². The van der Waals surface area contributed by atoms with Gasteiger partial charge in [-0.05, 0) is 13.0 Å². The second-order valence-corrected chi connectivity index (χ2v) is 5.84. The van der Waals surface area contributed by atoms with E-state index in [-0.39, 0.29) is 22.8 Å². The minimum Gasteiger partial charge on any atom is -0.478 e. The minimum absolute atomic E-state index is 0.105. The molecular weight excluding hydrogens is 390 g/mol. The highest BCUT2D eigenvalue weighted by Gasteiger charge is 2.21. The number of rotatable bonds is 5. The van der Waals surface area contributed by atoms with Crippen LogP contribution in [0.2, 0.25) is 0 Å². The second kappa shape index (κ2) is 7.96. The third-order valence-electron chi connectivity index (χ3n) is 3.85. The Morgan fingerprint density at radius 2 is 1.86 bits per heavy atom. The molecule has 3 aromatic heterocycles. The molecule has 3 rings (SSSR count). The van der Waals surface area contributed by atoms with Crippen molar-refractivity contribution in [3.8, 4) is 11.4 Å². The van der Waals surface area contributed by atoms with Crippen LogP contribution in [0.5, 0.6) is 0 Å². The van der Waals surface area contributed by atoms with Crippen molar-refractivity contribution in [1.29, 1.82) is 0 Å². The normalized spacial score (nSPS) is 11.7. The third-order valence-corrected chi connectivity index (χ3v) is 3.85. The maximum absolute atomic E-state index is 13.7. The van der Waals surface area contributed by atoms with Gasteiger partial charge in [0.05, 0.1) is 29.1 Å². The average molecular weight is 404 g/mol. The first-order valence-electron chi connectivity index (χ1n) is 8.12. The number of aromatic nitrogens is 5. The first-order chi connectivity index (χ1) is 13.8. The quantitative estimate of drug-likeness (QED) is 0.620. The first-order valence-corrected chi connectivity index (χ1v) is 8.12. The molecule has 0 fully saturated rings. The van der Waals surface area contributed by atoms with Crippen molar-refractivity contribution in [2.75, 3.05) is 5.32 Å². The molecule has 0 saturated heterocycles. The molecule has 0 aliphatic heterocycles. The Balaban J connectivity index is 1.78. The van der Waals surface area contributed by atoms with Gasteiger partial charge in [-0.15, -0.1) is 0 Å². The van der Waals surface area contributed by atoms with Gasteiger partial charge in [0.25, 0.3) is 0 Å². The summed E-state index contributed by atoms with van der Waals surface area (Å²) in [5.74, 6) is -2.64. The van der Waals surface area contributed by atoms with E-state index in [1.54, 1.807) is 0 Å². The Kier molecular flexibility index (Phi) is 5.43. The summed E-state index contributed by atoms with van der Waals surface area (Å²) >= 11 is 0. The molecule has 2 N–H and O–H groups in total. The van der Waals surface area contributed by atoms with Gasteiger partial charge in [-0.1, -0.05) is 0 Å². The molecule has 0 saturated carbocycles. The van der Waals surface area contributed by atoms with Gasteiger partial charge in [0.1, 0.15) is 17.7 Å². The number of ether oxygens (including phenoxy) is 1. The van der Waals surface area contributed by atoms with Crippen molar-refractivity contribution in [1.82, 2.24) is 24.7 Å². The van der Waals surface area contributed by atoms with Crippen LogP contribution in [-0.2, 0) is 11.8 Å². The molecule has 1 amide bonds. The zero-order valence-corrected chi connectivity index (χ0v) is 15.1. The smallest absolute Gasteiger partial charge is 0.413 e. The van der Waals surface area contributed by atoms with E-state index < -0.39 is 29.9 Å². The van der Waals surface area contributed by atoms with Crippen LogP contribution < -0.4 is 5.32 Å². The SMILES string of the molecule is CC(OC(=O)Nc1c(-c2ncc(C(=O)O)cn2)cnn1C)c1cc(F)cnc1F. The van der Waals surface area contributed by atoms with Gasteiger partial charge in [-0.2, -0.15) is 9.49 Å². The molecule has 150 valence electrons. The molecule has 10 nitrogen and oxygen atoms in total. The number of nitrogens with one attached hydrogen (secondary N) is 1. The molecule has 1 unspecified atom stereocenters. The average Bonchev–Trinajstić information content (AvgIpc) is 3.04. The number of carboxylic acid groups (broad SMARTS) is 1. The van der Waals surface area contributed by atoms with Crippen molar-refractivity contribution in [3.05, 3.63) is 53.7 Å². The van der Waals surface area contributed by atoms with E-state index in [9.17, 15) is 18.4 Å². The number of amides is 1. The Morgan fingerprint density at radius 3 is 2.52 bits per heavy atom. The molecule has 0 bridgehead atoms. The summed E-state index contributed by atoms with van der Waals surface area (Å²) in [4.78, 5) is 34.3. The summed E-state index contributed by atoms with van der Waals surface area (Å²) in [6.07, 6.45) is 2.21. The molecule has 1 atom stereocenters. The fourth-order valence-electron chi connectivity index (χ4n) is 2.40. The van der Waals surface area contributed by atoms with Crippen LogP contribution in [0.25, 0.3) is 11.4 Å². The minimum atomic E-state index is -1.18. The predicted molar refractivity (Wildman–Crippen MR) is 93.9 cm³/mol. The van der Waals surface area contributed by atoms with Gasteiger partial charge in [0.15, 0.2) is 5.82 Å². The summed E-state index contributed by atoms with van der Waals surface area (Å²) in [6.45, 7) is 1.36. The van der Waals surface area contributed by atoms with Crippen LogP contribution in [0.3, 0.4) is 0 Å². The largest absolute Gasteiger partial charge is 0.478 e. The van der Waals surface area contributed by atoms with Gasteiger partial charge >= 0.3 is 12.1 Å². The van der Waals surface area contributed by atoms with Gasteiger partial charge < -0.3 is 9.84 Å². The highest BCUT2D eigenvalue weighted by Crippen LogP contribution is 2.26. The molecule has 0 radical (unpaired) electrons. The number of pyridine rings is 1. The highest BCUT2D eigenvalue weighted by molar-refractivity contribution is 5.89. The molecule has 3 heterocycles. The highest BCUT2D eigenvalue weighted by atomic mass is 19.1. The number of halogens is 2. The Labute approximate surface area is 162 Å². The first kappa shape index (κ1) is 19.8. The molecule has 0 spiro atoms. The van der Waals surface area contributed by atoms with E-state index in [1.165, 1.54) is 24.9 Å². The topological polar surface area (TPSA) is 132 Å². The number of anilines is 1. The van der Waals surface area contributed by atoms with Crippen LogP contribution in [0.4, 0.5) is 19.4 Å². The van der Waals surface area contributed by atoms with Crippen LogP contribution in [0, 0.1) is 11.8 Å². The van der Waals surface area contributed by atoms with Crippen molar-refractivity contribution in [2.45, 2.75) is 13.0 Å². The summed E-state index contributed by atoms with van der Waals surface area (Å²) in [7, 11) is 1.53. The van der Waals surface area contributed by atoms with Gasteiger partial charge in [0.2, 0.25) is 5.95 Å². The van der Waals surface area contributed by atoms with Crippen LogP contribution in [0.1, 0.15) is 28.9 Å². The number of hydrogen-bond acceptors (Lipinski definition) is 7. The lowest BCUT2D eigenvalue weighted by Gasteiger charge is -2.15. The number of aromatic carboxylic acids is 1. The standard InChI is InChI=1S/C17H14F2N6O4/c1-8(11-3-10(18)6-20-13(11)19)29-17(28)24-15-12(7-23-25(15)2)14-21-4-9(5-22-14)16(26)27/h3-8H,1-2H3,(H,24,28)(H,26,27). The number of nitrogens with zero attached hydrogens (tertiary/aromatic N) is 5. The zero-order valence-electron chi connectivity index (χ0n) is 15.1. The molecule has 0 aromatic carbocycles. The van der Waals surface area contributed by atoms with E-state index in [1.807, 2.05) is 0 Å². The number of hydrogen-bond donors (Lipinski definition) is 2. The van der Waals surface area contributed by atoms with Gasteiger partial charge in [-0.25, -0.2) is 28.9 Å². The fraction of sp³-hybridized carbons (Fsp3) is 0.176. The fourth-order valence-corrected chi connectivity index (χ4v) is 2.40. The van der Waals surface area contributed by atoms with Crippen molar-refractivity contribution < 1.29 is 28.2 Å². The zero-order chi connectivity index (χ0) is 21.1. The molecule has 12 heteroatoms. The second-order valence-electron chi connectivity index (χ2n) is 5.84. The molecule has 0 aliphatic rings. The van der Waals surface area contributed by atoms with Crippen molar-refractivity contribution in [2.24, 2.45) is 7.05 Å². The number of carbonyl (C=O) groups is 2. The van der Waals surface area contributed by atoms with Crippen LogP contribution in [0.15, 0.2) is 30.9 Å². The van der Waals surface area contributed by atoms with E-state index in [0.29, 0.717) is 11.8 Å². The molecule has 29 heavy (non-hydrogen) atoms. The van der Waals surface area contributed by atoms with Crippen LogP contribution in [-0.4, -0.2) is 41.9 Å². The van der Waals surface area contributed by atoms with Crippen molar-refractivity contribution >= 4 is 17.9 Å². The summed E-state index contributed by atoms with van der Waals surface area (Å²) < 4.78 is 33.4. The maximum Gasteiger partial charge on any atom is 0.413 e. The lowest BCUT2D eigenvalue weighted by Crippen LogP contribution is -2.19. The van der Waals surface area contributed by atoms with Gasteiger partial charge in [-0.3, -0.25) is 10.00 Å². The lowest BCUT2D eigenvalue weighted by atomic mass is 10.2.